The van der Waals surface area contributed by atoms with Gasteiger partial charge in [0.15, 0.2) is 0 Å². The van der Waals surface area contributed by atoms with Crippen LogP contribution in [-0.4, -0.2) is 30.1 Å². The van der Waals surface area contributed by atoms with Gasteiger partial charge in [-0.3, -0.25) is 0 Å². The first-order valence-corrected chi connectivity index (χ1v) is 7.21. The highest BCUT2D eigenvalue weighted by Gasteiger charge is 2.16. The Morgan fingerprint density at radius 3 is 2.89 bits per heavy atom. The van der Waals surface area contributed by atoms with Crippen LogP contribution >= 0.6 is 11.3 Å². The van der Waals surface area contributed by atoms with E-state index in [2.05, 4.69) is 52.5 Å². The molecule has 0 fully saturated rings. The molecule has 2 aromatic heterocycles. The van der Waals surface area contributed by atoms with Gasteiger partial charge in [-0.2, -0.15) is 4.98 Å². The third kappa shape index (κ3) is 2.41. The quantitative estimate of drug-likeness (QED) is 0.899. The van der Waals surface area contributed by atoms with Crippen LogP contribution in [0, 0.1) is 0 Å². The van der Waals surface area contributed by atoms with E-state index in [1.807, 2.05) is 7.05 Å². The standard InChI is InChI=1S/C13H20N4S/c1-5-6-9(2)17(4)11-10-7-8-18-12(10)16-13(14-3)15-11/h7-9H,5-6H2,1-4H3,(H,14,15,16). The molecule has 0 aliphatic rings. The summed E-state index contributed by atoms with van der Waals surface area (Å²) in [5, 5.41) is 6.25. The van der Waals surface area contributed by atoms with Crippen LogP contribution in [0.5, 0.6) is 0 Å². The molecule has 98 valence electrons. The summed E-state index contributed by atoms with van der Waals surface area (Å²) in [6, 6.07) is 2.59. The lowest BCUT2D eigenvalue weighted by atomic mass is 10.1. The van der Waals surface area contributed by atoms with Crippen LogP contribution in [0.4, 0.5) is 11.8 Å². The molecule has 0 aliphatic carbocycles. The van der Waals surface area contributed by atoms with E-state index < -0.39 is 0 Å². The van der Waals surface area contributed by atoms with Gasteiger partial charge in [0, 0.05) is 20.1 Å². The largest absolute Gasteiger partial charge is 0.357 e. The molecule has 1 N–H and O–H groups in total. The number of fused-ring (bicyclic) bond motifs is 1. The Kier molecular flexibility index (Phi) is 4.01. The van der Waals surface area contributed by atoms with E-state index in [-0.39, 0.29) is 0 Å². The maximum Gasteiger partial charge on any atom is 0.225 e. The summed E-state index contributed by atoms with van der Waals surface area (Å²) in [5.41, 5.74) is 0. The van der Waals surface area contributed by atoms with E-state index in [9.17, 15) is 0 Å². The molecule has 4 nitrogen and oxygen atoms in total. The molecule has 0 saturated carbocycles. The Morgan fingerprint density at radius 2 is 2.22 bits per heavy atom. The van der Waals surface area contributed by atoms with E-state index in [1.165, 1.54) is 12.8 Å². The lowest BCUT2D eigenvalue weighted by Crippen LogP contribution is -2.29. The summed E-state index contributed by atoms with van der Waals surface area (Å²) in [6.45, 7) is 4.45. The van der Waals surface area contributed by atoms with Crippen molar-refractivity contribution in [3.8, 4) is 0 Å². The first kappa shape index (κ1) is 13.1. The zero-order valence-electron chi connectivity index (χ0n) is 11.4. The highest BCUT2D eigenvalue weighted by atomic mass is 32.1. The maximum atomic E-state index is 4.61. The summed E-state index contributed by atoms with van der Waals surface area (Å²) in [5.74, 6) is 1.71. The van der Waals surface area contributed by atoms with Crippen LogP contribution in [0.25, 0.3) is 10.2 Å². The second kappa shape index (κ2) is 5.52. The van der Waals surface area contributed by atoms with Crippen molar-refractivity contribution in [1.82, 2.24) is 9.97 Å². The highest BCUT2D eigenvalue weighted by Crippen LogP contribution is 2.29. The topological polar surface area (TPSA) is 41.1 Å². The van der Waals surface area contributed by atoms with Crippen molar-refractivity contribution in [3.05, 3.63) is 11.4 Å². The van der Waals surface area contributed by atoms with Crippen molar-refractivity contribution >= 4 is 33.3 Å². The monoisotopic (exact) mass is 264 g/mol. The maximum absolute atomic E-state index is 4.61. The number of aromatic nitrogens is 2. The molecule has 0 amide bonds. The second-order valence-electron chi connectivity index (χ2n) is 4.51. The summed E-state index contributed by atoms with van der Waals surface area (Å²) >= 11 is 1.66. The molecular formula is C13H20N4S. The average Bonchev–Trinajstić information content (AvgIpc) is 2.84. The molecule has 1 atom stereocenters. The van der Waals surface area contributed by atoms with Gasteiger partial charge in [-0.05, 0) is 24.8 Å². The molecule has 1 unspecified atom stereocenters. The fourth-order valence-corrected chi connectivity index (χ4v) is 2.80. The van der Waals surface area contributed by atoms with Gasteiger partial charge in [0.1, 0.15) is 10.6 Å². The van der Waals surface area contributed by atoms with Crippen molar-refractivity contribution in [1.29, 1.82) is 0 Å². The Hall–Kier alpha value is -1.36. The van der Waals surface area contributed by atoms with Crippen LogP contribution < -0.4 is 10.2 Å². The van der Waals surface area contributed by atoms with Gasteiger partial charge in [0.25, 0.3) is 0 Å². The summed E-state index contributed by atoms with van der Waals surface area (Å²) in [6.07, 6.45) is 2.35. The van der Waals surface area contributed by atoms with Crippen LogP contribution in [0.3, 0.4) is 0 Å². The van der Waals surface area contributed by atoms with Gasteiger partial charge in [0.05, 0.1) is 5.39 Å². The molecule has 0 spiro atoms. The predicted octanol–water partition coefficient (Wildman–Crippen LogP) is 3.36. The van der Waals surface area contributed by atoms with Crippen LogP contribution in [0.1, 0.15) is 26.7 Å². The third-order valence-corrected chi connectivity index (χ3v) is 4.04. The molecule has 0 radical (unpaired) electrons. The molecule has 0 aliphatic heterocycles. The van der Waals surface area contributed by atoms with Crippen molar-refractivity contribution < 1.29 is 0 Å². The van der Waals surface area contributed by atoms with Gasteiger partial charge in [-0.25, -0.2) is 4.98 Å². The number of hydrogen-bond donors (Lipinski definition) is 1. The highest BCUT2D eigenvalue weighted by molar-refractivity contribution is 7.16. The summed E-state index contributed by atoms with van der Waals surface area (Å²) in [4.78, 5) is 12.4. The van der Waals surface area contributed by atoms with Crippen molar-refractivity contribution in [2.75, 3.05) is 24.3 Å². The number of nitrogens with one attached hydrogen (secondary N) is 1. The Morgan fingerprint density at radius 1 is 1.44 bits per heavy atom. The smallest absolute Gasteiger partial charge is 0.225 e. The Labute approximate surface area is 112 Å². The molecule has 2 rings (SSSR count). The number of nitrogens with zero attached hydrogens (tertiary/aromatic N) is 3. The van der Waals surface area contributed by atoms with Crippen molar-refractivity contribution in [3.63, 3.8) is 0 Å². The predicted molar refractivity (Wildman–Crippen MR) is 79.7 cm³/mol. The van der Waals surface area contributed by atoms with Gasteiger partial charge in [0.2, 0.25) is 5.95 Å². The van der Waals surface area contributed by atoms with E-state index >= 15 is 0 Å². The van der Waals surface area contributed by atoms with Crippen LogP contribution in [0.15, 0.2) is 11.4 Å². The van der Waals surface area contributed by atoms with E-state index in [4.69, 9.17) is 0 Å². The molecule has 2 heterocycles. The SMILES string of the molecule is CCCC(C)N(C)c1nc(NC)nc2sccc12. The molecule has 18 heavy (non-hydrogen) atoms. The summed E-state index contributed by atoms with van der Waals surface area (Å²) in [7, 11) is 3.97. The molecule has 0 aromatic carbocycles. The number of rotatable bonds is 5. The zero-order valence-corrected chi connectivity index (χ0v) is 12.2. The van der Waals surface area contributed by atoms with Crippen LogP contribution in [0.2, 0.25) is 0 Å². The molecule has 0 bridgehead atoms. The van der Waals surface area contributed by atoms with Gasteiger partial charge >= 0.3 is 0 Å². The minimum Gasteiger partial charge on any atom is -0.357 e. The number of thiophene rings is 1. The van der Waals surface area contributed by atoms with Gasteiger partial charge in [-0.15, -0.1) is 11.3 Å². The normalized spacial score (nSPS) is 12.7. The second-order valence-corrected chi connectivity index (χ2v) is 5.40. The van der Waals surface area contributed by atoms with Crippen molar-refractivity contribution in [2.24, 2.45) is 0 Å². The Balaban J connectivity index is 2.44. The van der Waals surface area contributed by atoms with Gasteiger partial charge < -0.3 is 10.2 Å². The van der Waals surface area contributed by atoms with E-state index in [0.717, 1.165) is 16.0 Å². The zero-order chi connectivity index (χ0) is 13.1. The first-order valence-electron chi connectivity index (χ1n) is 6.33. The fourth-order valence-electron chi connectivity index (χ4n) is 2.04. The molecule has 5 heteroatoms. The number of anilines is 2. The Bertz CT molecular complexity index is 523. The first-order chi connectivity index (χ1) is 8.67. The average molecular weight is 264 g/mol. The van der Waals surface area contributed by atoms with E-state index in [1.54, 1.807) is 11.3 Å². The molecule has 2 aromatic rings. The minimum absolute atomic E-state index is 0.484. The van der Waals surface area contributed by atoms with E-state index in [0.29, 0.717) is 12.0 Å². The lowest BCUT2D eigenvalue weighted by Gasteiger charge is -2.26. The lowest BCUT2D eigenvalue weighted by molar-refractivity contribution is 0.613. The van der Waals surface area contributed by atoms with Crippen LogP contribution in [-0.2, 0) is 0 Å². The molecular weight excluding hydrogens is 244 g/mol. The van der Waals surface area contributed by atoms with Gasteiger partial charge in [-0.1, -0.05) is 13.3 Å². The minimum atomic E-state index is 0.484. The fraction of sp³-hybridized carbons (Fsp3) is 0.538. The van der Waals surface area contributed by atoms with Crippen molar-refractivity contribution in [2.45, 2.75) is 32.7 Å². The number of hydrogen-bond acceptors (Lipinski definition) is 5. The third-order valence-electron chi connectivity index (χ3n) is 3.23. The molecule has 0 saturated heterocycles. The summed E-state index contributed by atoms with van der Waals surface area (Å²) < 4.78 is 0.